The Balaban J connectivity index is 1.57. The fourth-order valence-corrected chi connectivity index (χ4v) is 3.39. The number of imide groups is 1. The van der Waals surface area contributed by atoms with E-state index in [0.717, 1.165) is 16.7 Å². The quantitative estimate of drug-likeness (QED) is 0.694. The molecule has 0 bridgehead atoms. The SMILES string of the molecule is Cc1ccc(NC(=O)c2ccc3c(c2)C(=O)N(Cc2ccncc2)C3=O)c(C)c1. The standard InChI is InChI=1S/C23H19N3O3/c1-14-3-6-20(15(2)11-14)25-21(27)17-4-5-18-19(12-17)23(29)26(22(18)28)13-16-7-9-24-10-8-16/h3-12H,13H2,1-2H3,(H,25,27). The Kier molecular flexibility index (Phi) is 4.68. The number of aromatic nitrogens is 1. The molecule has 3 aromatic rings. The van der Waals surface area contributed by atoms with E-state index in [1.54, 1.807) is 36.7 Å². The van der Waals surface area contributed by atoms with Crippen molar-refractivity contribution in [1.29, 1.82) is 0 Å². The first-order valence-electron chi connectivity index (χ1n) is 9.22. The van der Waals surface area contributed by atoms with Crippen LogP contribution in [0.1, 0.15) is 47.8 Å². The van der Waals surface area contributed by atoms with Crippen LogP contribution in [0.2, 0.25) is 0 Å². The summed E-state index contributed by atoms with van der Waals surface area (Å²) >= 11 is 0. The number of amides is 3. The lowest BCUT2D eigenvalue weighted by molar-refractivity contribution is 0.0642. The van der Waals surface area contributed by atoms with Crippen LogP contribution in [0.4, 0.5) is 5.69 Å². The molecule has 1 aromatic heterocycles. The molecule has 0 saturated heterocycles. The van der Waals surface area contributed by atoms with E-state index in [-0.39, 0.29) is 23.9 Å². The second kappa shape index (κ2) is 7.31. The molecule has 2 aromatic carbocycles. The van der Waals surface area contributed by atoms with E-state index in [4.69, 9.17) is 0 Å². The number of aryl methyl sites for hydroxylation is 2. The minimum absolute atomic E-state index is 0.166. The average molecular weight is 385 g/mol. The molecule has 6 heteroatoms. The van der Waals surface area contributed by atoms with Crippen LogP contribution in [0, 0.1) is 13.8 Å². The van der Waals surface area contributed by atoms with Gasteiger partial charge < -0.3 is 5.32 Å². The molecule has 1 aliphatic heterocycles. The molecule has 0 saturated carbocycles. The second-order valence-electron chi connectivity index (χ2n) is 7.08. The molecular formula is C23H19N3O3. The van der Waals surface area contributed by atoms with Crippen LogP contribution < -0.4 is 5.32 Å². The highest BCUT2D eigenvalue weighted by Crippen LogP contribution is 2.26. The Morgan fingerprint density at radius 1 is 0.931 bits per heavy atom. The van der Waals surface area contributed by atoms with Crippen LogP contribution in [0.15, 0.2) is 60.9 Å². The summed E-state index contributed by atoms with van der Waals surface area (Å²) in [6.45, 7) is 4.07. The molecule has 29 heavy (non-hydrogen) atoms. The molecule has 0 radical (unpaired) electrons. The highest BCUT2D eigenvalue weighted by atomic mass is 16.2. The summed E-state index contributed by atoms with van der Waals surface area (Å²) in [6.07, 6.45) is 3.23. The molecule has 4 rings (SSSR count). The van der Waals surface area contributed by atoms with Gasteiger partial charge in [-0.15, -0.1) is 0 Å². The maximum absolute atomic E-state index is 12.8. The van der Waals surface area contributed by atoms with Gasteiger partial charge in [0.2, 0.25) is 0 Å². The summed E-state index contributed by atoms with van der Waals surface area (Å²) < 4.78 is 0. The van der Waals surface area contributed by atoms with Crippen LogP contribution in [0.25, 0.3) is 0 Å². The van der Waals surface area contributed by atoms with E-state index in [1.807, 2.05) is 32.0 Å². The van der Waals surface area contributed by atoms with Gasteiger partial charge >= 0.3 is 0 Å². The van der Waals surface area contributed by atoms with E-state index >= 15 is 0 Å². The predicted octanol–water partition coefficient (Wildman–Crippen LogP) is 3.75. The molecule has 6 nitrogen and oxygen atoms in total. The Labute approximate surface area is 168 Å². The Morgan fingerprint density at radius 2 is 1.66 bits per heavy atom. The third-order valence-corrected chi connectivity index (χ3v) is 4.95. The molecule has 1 aliphatic rings. The number of hydrogen-bond acceptors (Lipinski definition) is 4. The maximum atomic E-state index is 12.8. The van der Waals surface area contributed by atoms with Crippen molar-refractivity contribution in [1.82, 2.24) is 9.88 Å². The van der Waals surface area contributed by atoms with E-state index in [9.17, 15) is 14.4 Å². The van der Waals surface area contributed by atoms with Crippen LogP contribution >= 0.6 is 0 Å². The minimum Gasteiger partial charge on any atom is -0.322 e. The Bertz CT molecular complexity index is 1140. The molecule has 1 N–H and O–H groups in total. The lowest BCUT2D eigenvalue weighted by Crippen LogP contribution is -2.29. The zero-order chi connectivity index (χ0) is 20.5. The monoisotopic (exact) mass is 385 g/mol. The normalized spacial score (nSPS) is 12.8. The van der Waals surface area contributed by atoms with Gasteiger partial charge in [-0.25, -0.2) is 0 Å². The van der Waals surface area contributed by atoms with Crippen molar-refractivity contribution in [2.24, 2.45) is 0 Å². The lowest BCUT2D eigenvalue weighted by Gasteiger charge is -2.13. The topological polar surface area (TPSA) is 79.4 Å². The summed E-state index contributed by atoms with van der Waals surface area (Å²) in [5, 5.41) is 2.87. The highest BCUT2D eigenvalue weighted by Gasteiger charge is 2.36. The number of carbonyl (C=O) groups is 3. The first kappa shape index (κ1) is 18.6. The predicted molar refractivity (Wildman–Crippen MR) is 109 cm³/mol. The smallest absolute Gasteiger partial charge is 0.261 e. The molecule has 0 spiro atoms. The van der Waals surface area contributed by atoms with Gasteiger partial charge in [0.25, 0.3) is 17.7 Å². The molecule has 2 heterocycles. The van der Waals surface area contributed by atoms with Crippen LogP contribution in [-0.2, 0) is 6.54 Å². The number of benzene rings is 2. The van der Waals surface area contributed by atoms with Gasteiger partial charge in [0.05, 0.1) is 17.7 Å². The van der Waals surface area contributed by atoms with Crippen molar-refractivity contribution >= 4 is 23.4 Å². The first-order chi connectivity index (χ1) is 13.9. The van der Waals surface area contributed by atoms with Crippen LogP contribution in [0.3, 0.4) is 0 Å². The van der Waals surface area contributed by atoms with E-state index in [0.29, 0.717) is 16.8 Å². The third kappa shape index (κ3) is 3.52. The van der Waals surface area contributed by atoms with Crippen LogP contribution in [-0.4, -0.2) is 27.6 Å². The van der Waals surface area contributed by atoms with Crippen molar-refractivity contribution in [3.63, 3.8) is 0 Å². The van der Waals surface area contributed by atoms with Crippen molar-refractivity contribution < 1.29 is 14.4 Å². The number of nitrogens with zero attached hydrogens (tertiary/aromatic N) is 2. The summed E-state index contributed by atoms with van der Waals surface area (Å²) in [7, 11) is 0. The van der Waals surface area contributed by atoms with Crippen molar-refractivity contribution in [3.8, 4) is 0 Å². The molecule has 0 atom stereocenters. The number of nitrogens with one attached hydrogen (secondary N) is 1. The van der Waals surface area contributed by atoms with Crippen LogP contribution in [0.5, 0.6) is 0 Å². The highest BCUT2D eigenvalue weighted by molar-refractivity contribution is 6.22. The van der Waals surface area contributed by atoms with E-state index in [2.05, 4.69) is 10.3 Å². The van der Waals surface area contributed by atoms with Gasteiger partial charge in [-0.05, 0) is 61.4 Å². The summed E-state index contributed by atoms with van der Waals surface area (Å²) in [5.41, 5.74) is 4.47. The summed E-state index contributed by atoms with van der Waals surface area (Å²) in [4.78, 5) is 43.3. The number of carbonyl (C=O) groups excluding carboxylic acids is 3. The molecule has 3 amide bonds. The lowest BCUT2D eigenvalue weighted by atomic mass is 10.0. The maximum Gasteiger partial charge on any atom is 0.261 e. The third-order valence-electron chi connectivity index (χ3n) is 4.95. The largest absolute Gasteiger partial charge is 0.322 e. The molecule has 144 valence electrons. The zero-order valence-corrected chi connectivity index (χ0v) is 16.1. The van der Waals surface area contributed by atoms with E-state index in [1.165, 1.54) is 11.0 Å². The van der Waals surface area contributed by atoms with Gasteiger partial charge in [-0.2, -0.15) is 0 Å². The number of anilines is 1. The summed E-state index contributed by atoms with van der Waals surface area (Å²) in [6, 6.07) is 13.9. The number of hydrogen-bond donors (Lipinski definition) is 1. The molecule has 0 fully saturated rings. The van der Waals surface area contributed by atoms with Gasteiger partial charge in [0.15, 0.2) is 0 Å². The Morgan fingerprint density at radius 3 is 2.38 bits per heavy atom. The number of fused-ring (bicyclic) bond motifs is 1. The van der Waals surface area contributed by atoms with Gasteiger partial charge in [0, 0.05) is 23.6 Å². The van der Waals surface area contributed by atoms with Crippen molar-refractivity contribution in [3.05, 3.63) is 94.3 Å². The van der Waals surface area contributed by atoms with Gasteiger partial charge in [-0.1, -0.05) is 17.7 Å². The molecular weight excluding hydrogens is 366 g/mol. The Hall–Kier alpha value is -3.80. The fraction of sp³-hybridized carbons (Fsp3) is 0.130. The molecule has 0 aliphatic carbocycles. The van der Waals surface area contributed by atoms with E-state index < -0.39 is 5.91 Å². The number of rotatable bonds is 4. The first-order valence-corrected chi connectivity index (χ1v) is 9.22. The average Bonchev–Trinajstić information content (AvgIpc) is 2.95. The fourth-order valence-electron chi connectivity index (χ4n) is 3.39. The van der Waals surface area contributed by atoms with Crippen molar-refractivity contribution in [2.75, 3.05) is 5.32 Å². The number of pyridine rings is 1. The minimum atomic E-state index is -0.400. The van der Waals surface area contributed by atoms with Crippen molar-refractivity contribution in [2.45, 2.75) is 20.4 Å². The summed E-state index contributed by atoms with van der Waals surface area (Å²) in [5.74, 6) is -1.08. The second-order valence-corrected chi connectivity index (χ2v) is 7.08. The van der Waals surface area contributed by atoms with Gasteiger partial charge in [-0.3, -0.25) is 24.3 Å². The molecule has 0 unspecified atom stereocenters. The zero-order valence-electron chi connectivity index (χ0n) is 16.1. The van der Waals surface area contributed by atoms with Gasteiger partial charge in [0.1, 0.15) is 0 Å².